The van der Waals surface area contributed by atoms with Gasteiger partial charge in [0.15, 0.2) is 5.69 Å². The monoisotopic (exact) mass is 585 g/mol. The van der Waals surface area contributed by atoms with Gasteiger partial charge in [0.2, 0.25) is 11.2 Å². The molecule has 2 aromatic heterocycles. The second kappa shape index (κ2) is 13.4. The van der Waals surface area contributed by atoms with Crippen molar-refractivity contribution in [2.75, 3.05) is 11.9 Å². The van der Waals surface area contributed by atoms with Crippen LogP contribution in [-0.2, 0) is 12.4 Å². The van der Waals surface area contributed by atoms with Crippen molar-refractivity contribution in [1.82, 2.24) is 25.3 Å². The van der Waals surface area contributed by atoms with E-state index in [4.69, 9.17) is 16.9 Å². The topological polar surface area (TPSA) is 116 Å². The Balaban J connectivity index is 0.000000336. The van der Waals surface area contributed by atoms with Gasteiger partial charge in [-0.3, -0.25) is 4.79 Å². The van der Waals surface area contributed by atoms with Gasteiger partial charge in [-0.1, -0.05) is 25.3 Å². The zero-order valence-electron chi connectivity index (χ0n) is 20.7. The van der Waals surface area contributed by atoms with Gasteiger partial charge in [-0.25, -0.2) is 19.9 Å². The highest BCUT2D eigenvalue weighted by molar-refractivity contribution is 6.28. The summed E-state index contributed by atoms with van der Waals surface area (Å²) in [7, 11) is 0. The molecule has 0 aliphatic heterocycles. The average molecular weight is 586 g/mol. The van der Waals surface area contributed by atoms with Crippen LogP contribution in [0.5, 0.6) is 0 Å². The second-order valence-electron chi connectivity index (χ2n) is 8.69. The van der Waals surface area contributed by atoms with Crippen LogP contribution in [0, 0.1) is 17.2 Å². The van der Waals surface area contributed by atoms with Crippen LogP contribution in [-0.4, -0.2) is 32.4 Å². The molecule has 40 heavy (non-hydrogen) atoms. The van der Waals surface area contributed by atoms with Crippen molar-refractivity contribution in [2.24, 2.45) is 5.92 Å². The summed E-state index contributed by atoms with van der Waals surface area (Å²) in [6, 6.07) is 8.87. The van der Waals surface area contributed by atoms with E-state index >= 15 is 0 Å². The van der Waals surface area contributed by atoms with Gasteiger partial charge in [-0.15, -0.1) is 0 Å². The Morgan fingerprint density at radius 1 is 1.02 bits per heavy atom. The lowest BCUT2D eigenvalue weighted by Gasteiger charge is -2.22. The van der Waals surface area contributed by atoms with Gasteiger partial charge >= 0.3 is 12.4 Å². The van der Waals surface area contributed by atoms with Crippen LogP contribution in [0.4, 0.5) is 38.0 Å². The number of carbonyl (C=O) groups excluding carboxylic acids is 1. The third-order valence-corrected chi connectivity index (χ3v) is 5.92. The molecule has 0 unspecified atom stereocenters. The molecule has 0 atom stereocenters. The summed E-state index contributed by atoms with van der Waals surface area (Å²) in [5.41, 5.74) is -2.23. The van der Waals surface area contributed by atoms with Crippen molar-refractivity contribution in [1.29, 1.82) is 5.26 Å². The van der Waals surface area contributed by atoms with Crippen LogP contribution >= 0.6 is 11.6 Å². The minimum atomic E-state index is -4.81. The number of amides is 1. The standard InChI is InChI=1S/C20H20F3N5O.C5H2ClF3N2/c21-20(22,23)17-16(18(29)25-11-13-5-2-1-3-6-13)12-26-19(28-17)27-15-8-4-7-14(9-15)10-24;6-4-10-2-1-3(11-4)5(7,8)9/h4,7-9,12-13H,1-3,5-6,11H2,(H,25,29)(H,26,27,28);1-2H. The van der Waals surface area contributed by atoms with Crippen molar-refractivity contribution < 1.29 is 31.1 Å². The molecule has 2 heterocycles. The van der Waals surface area contributed by atoms with E-state index in [0.29, 0.717) is 17.8 Å². The lowest BCUT2D eigenvalue weighted by molar-refractivity contribution is -0.142. The molecule has 1 aromatic carbocycles. The van der Waals surface area contributed by atoms with Gasteiger partial charge < -0.3 is 10.6 Å². The first-order valence-electron chi connectivity index (χ1n) is 11.9. The number of nitrogens with one attached hydrogen (secondary N) is 2. The van der Waals surface area contributed by atoms with Gasteiger partial charge in [0, 0.05) is 24.6 Å². The molecule has 212 valence electrons. The Morgan fingerprint density at radius 2 is 1.75 bits per heavy atom. The SMILES string of the molecule is FC(F)(F)c1ccnc(Cl)n1.N#Cc1cccc(Nc2ncc(C(=O)NCC3CCCCC3)c(C(F)(F)F)n2)c1. The predicted octanol–water partition coefficient (Wildman–Crippen LogP) is 6.57. The normalized spacial score (nSPS) is 13.9. The molecule has 3 aromatic rings. The number of rotatable bonds is 5. The Bertz CT molecular complexity index is 1350. The molecular formula is C25H22ClF6N7O. The maximum absolute atomic E-state index is 13.5. The van der Waals surface area contributed by atoms with E-state index in [9.17, 15) is 31.1 Å². The van der Waals surface area contributed by atoms with Gasteiger partial charge in [0.1, 0.15) is 5.69 Å². The quantitative estimate of drug-likeness (QED) is 0.257. The largest absolute Gasteiger partial charge is 0.434 e. The van der Waals surface area contributed by atoms with E-state index in [2.05, 4.69) is 30.6 Å². The fraction of sp³-hybridized carbons (Fsp3) is 0.360. The van der Waals surface area contributed by atoms with Crippen molar-refractivity contribution >= 4 is 29.1 Å². The van der Waals surface area contributed by atoms with Crippen LogP contribution < -0.4 is 10.6 Å². The highest BCUT2D eigenvalue weighted by Gasteiger charge is 2.38. The summed E-state index contributed by atoms with van der Waals surface area (Å²) in [5, 5.41) is 13.7. The first kappa shape index (κ1) is 30.6. The van der Waals surface area contributed by atoms with Crippen molar-refractivity contribution in [3.63, 3.8) is 0 Å². The molecule has 8 nitrogen and oxygen atoms in total. The maximum atomic E-state index is 13.5. The van der Waals surface area contributed by atoms with Gasteiger partial charge in [0.25, 0.3) is 5.91 Å². The lowest BCUT2D eigenvalue weighted by Crippen LogP contribution is -2.32. The Hall–Kier alpha value is -3.99. The smallest absolute Gasteiger partial charge is 0.352 e. The van der Waals surface area contributed by atoms with Gasteiger partial charge in [-0.2, -0.15) is 31.6 Å². The van der Waals surface area contributed by atoms with E-state index < -0.39 is 40.5 Å². The third kappa shape index (κ3) is 9.04. The molecule has 1 amide bonds. The number of nitrogens with zero attached hydrogens (tertiary/aromatic N) is 5. The van der Waals surface area contributed by atoms with E-state index in [1.807, 2.05) is 6.07 Å². The summed E-state index contributed by atoms with van der Waals surface area (Å²) in [5.74, 6) is -0.853. The number of hydrogen-bond donors (Lipinski definition) is 2. The Morgan fingerprint density at radius 3 is 2.35 bits per heavy atom. The van der Waals surface area contributed by atoms with Crippen LogP contribution in [0.15, 0.2) is 42.7 Å². The molecule has 2 N–H and O–H groups in total. The zero-order valence-corrected chi connectivity index (χ0v) is 21.4. The molecule has 4 rings (SSSR count). The minimum Gasteiger partial charge on any atom is -0.352 e. The van der Waals surface area contributed by atoms with Crippen LogP contribution in [0.25, 0.3) is 0 Å². The fourth-order valence-electron chi connectivity index (χ4n) is 3.84. The average Bonchev–Trinajstić information content (AvgIpc) is 2.92. The molecule has 1 saturated carbocycles. The molecule has 1 fully saturated rings. The van der Waals surface area contributed by atoms with Gasteiger partial charge in [-0.05, 0) is 54.6 Å². The summed E-state index contributed by atoms with van der Waals surface area (Å²) in [6.07, 6.45) is -2.20. The van der Waals surface area contributed by atoms with Gasteiger partial charge in [0.05, 0.1) is 17.2 Å². The number of nitriles is 1. The lowest BCUT2D eigenvalue weighted by atomic mass is 9.89. The van der Waals surface area contributed by atoms with E-state index in [0.717, 1.165) is 50.6 Å². The van der Waals surface area contributed by atoms with Crippen LogP contribution in [0.1, 0.15) is 59.4 Å². The molecule has 1 aliphatic carbocycles. The first-order valence-corrected chi connectivity index (χ1v) is 12.3. The summed E-state index contributed by atoms with van der Waals surface area (Å²) in [4.78, 5) is 26.0. The number of carbonyl (C=O) groups is 1. The highest BCUT2D eigenvalue weighted by atomic mass is 35.5. The molecule has 0 spiro atoms. The minimum absolute atomic E-state index is 0.288. The molecule has 1 aliphatic rings. The highest BCUT2D eigenvalue weighted by Crippen LogP contribution is 2.32. The maximum Gasteiger partial charge on any atom is 0.434 e. The van der Waals surface area contributed by atoms with E-state index in [1.165, 1.54) is 6.07 Å². The molecule has 0 saturated heterocycles. The van der Waals surface area contributed by atoms with E-state index in [1.54, 1.807) is 18.2 Å². The number of alkyl halides is 6. The van der Waals surface area contributed by atoms with Crippen LogP contribution in [0.3, 0.4) is 0 Å². The second-order valence-corrected chi connectivity index (χ2v) is 9.03. The molecule has 15 heteroatoms. The zero-order chi connectivity index (χ0) is 29.3. The van der Waals surface area contributed by atoms with E-state index in [-0.39, 0.29) is 11.9 Å². The predicted molar refractivity (Wildman–Crippen MR) is 132 cm³/mol. The Kier molecular flexibility index (Phi) is 10.2. The molecular weight excluding hydrogens is 564 g/mol. The number of hydrogen-bond acceptors (Lipinski definition) is 7. The summed E-state index contributed by atoms with van der Waals surface area (Å²) < 4.78 is 76.0. The number of aromatic nitrogens is 4. The van der Waals surface area contributed by atoms with Crippen molar-refractivity contribution in [3.8, 4) is 6.07 Å². The number of halogens is 7. The fourth-order valence-corrected chi connectivity index (χ4v) is 3.98. The molecule has 0 radical (unpaired) electrons. The van der Waals surface area contributed by atoms with Crippen molar-refractivity contribution in [3.05, 3.63) is 70.5 Å². The molecule has 0 bridgehead atoms. The number of benzene rings is 1. The summed E-state index contributed by atoms with van der Waals surface area (Å²) in [6.45, 7) is 0.344. The third-order valence-electron chi connectivity index (χ3n) is 5.74. The number of anilines is 2. The van der Waals surface area contributed by atoms with Crippen molar-refractivity contribution in [2.45, 2.75) is 44.5 Å². The Labute approximate surface area is 229 Å². The summed E-state index contributed by atoms with van der Waals surface area (Å²) >= 11 is 5.13. The first-order chi connectivity index (χ1) is 18.9. The van der Waals surface area contributed by atoms with Crippen LogP contribution in [0.2, 0.25) is 5.28 Å².